The molecule has 2 aliphatic heterocycles. The van der Waals surface area contributed by atoms with E-state index in [1.54, 1.807) is 13.0 Å². The molecule has 1 unspecified atom stereocenters. The third kappa shape index (κ3) is 6.26. The second kappa shape index (κ2) is 11.0. The van der Waals surface area contributed by atoms with Crippen molar-refractivity contribution in [3.05, 3.63) is 58.4 Å². The van der Waals surface area contributed by atoms with Gasteiger partial charge in [0, 0.05) is 16.3 Å². The monoisotopic (exact) mass is 608 g/mol. The first-order valence-corrected chi connectivity index (χ1v) is 15.3. The highest BCUT2D eigenvalue weighted by Gasteiger charge is 2.52. The van der Waals surface area contributed by atoms with E-state index in [1.165, 1.54) is 30.3 Å². The number of ether oxygens (including phenoxy) is 1. The first-order chi connectivity index (χ1) is 18.1. The Morgan fingerprint density at radius 3 is 2.46 bits per heavy atom. The quantitative estimate of drug-likeness (QED) is 0.179. The van der Waals surface area contributed by atoms with Gasteiger partial charge in [-0.15, -0.1) is 0 Å². The van der Waals surface area contributed by atoms with Gasteiger partial charge in [0.1, 0.15) is 24.1 Å². The van der Waals surface area contributed by atoms with E-state index in [1.807, 2.05) is 0 Å². The summed E-state index contributed by atoms with van der Waals surface area (Å²) in [5.74, 6) is -4.13. The number of fused-ring (bicyclic) bond motifs is 1. The summed E-state index contributed by atoms with van der Waals surface area (Å²) in [5.41, 5.74) is 0.160. The van der Waals surface area contributed by atoms with Crippen LogP contribution in [0.5, 0.6) is 0 Å². The maximum atomic E-state index is 14.3. The van der Waals surface area contributed by atoms with Crippen LogP contribution in [-0.2, 0) is 23.2 Å². The Balaban J connectivity index is 1.60. The number of nitrogens with one attached hydrogen (secondary N) is 1. The van der Waals surface area contributed by atoms with Gasteiger partial charge in [0.2, 0.25) is 0 Å². The summed E-state index contributed by atoms with van der Waals surface area (Å²) in [6.45, 7) is 0.746. The van der Waals surface area contributed by atoms with Crippen LogP contribution in [0, 0.1) is 5.82 Å². The summed E-state index contributed by atoms with van der Waals surface area (Å²) >= 11 is 6.24. The van der Waals surface area contributed by atoms with Gasteiger partial charge in [-0.3, -0.25) is 23.6 Å². The van der Waals surface area contributed by atoms with Crippen LogP contribution in [0.1, 0.15) is 28.9 Å². The molecule has 1 amide bonds. The molecule has 0 spiro atoms. The second-order valence-corrected chi connectivity index (χ2v) is 13.5. The number of Topliss-reactive ketones (excluding diaryl/α,β-unsaturated/α-hetero) is 1. The van der Waals surface area contributed by atoms with Crippen LogP contribution in [0.2, 0.25) is 5.02 Å². The SMILES string of the molecule is C[C@H](Nc1cc(Cl)cc2c1C(=O)C(=O)N2[C@@H]1O[C@H](COP(=O)(O)CP(=O)(O)O)[C@@H](O)[C@H]1O)c1ccccc1F. The Morgan fingerprint density at radius 2 is 1.82 bits per heavy atom. The van der Waals surface area contributed by atoms with Crippen molar-refractivity contribution in [2.45, 2.75) is 37.5 Å². The largest absolute Gasteiger partial charge is 0.387 e. The fraction of sp³-hybridized carbons (Fsp3) is 0.364. The lowest BCUT2D eigenvalue weighted by Gasteiger charge is -2.27. The highest BCUT2D eigenvalue weighted by molar-refractivity contribution is 7.70. The first-order valence-electron chi connectivity index (χ1n) is 11.3. The van der Waals surface area contributed by atoms with Crippen LogP contribution in [0.3, 0.4) is 0 Å². The maximum Gasteiger partial charge on any atom is 0.340 e. The third-order valence-corrected chi connectivity index (χ3v) is 9.80. The van der Waals surface area contributed by atoms with Gasteiger partial charge in [0.25, 0.3) is 5.78 Å². The van der Waals surface area contributed by atoms with Crippen molar-refractivity contribution in [2.24, 2.45) is 0 Å². The molecule has 1 saturated heterocycles. The fourth-order valence-electron chi connectivity index (χ4n) is 4.39. The first kappa shape index (κ1) is 29.8. The highest BCUT2D eigenvalue weighted by atomic mass is 35.5. The number of carbonyl (C=O) groups excluding carboxylic acids is 2. The van der Waals surface area contributed by atoms with Crippen molar-refractivity contribution in [1.82, 2.24) is 0 Å². The minimum atomic E-state index is -4.92. The van der Waals surface area contributed by atoms with Crippen molar-refractivity contribution in [3.63, 3.8) is 0 Å². The minimum absolute atomic E-state index is 0.0658. The van der Waals surface area contributed by atoms with Crippen LogP contribution >= 0.6 is 26.8 Å². The zero-order valence-corrected chi connectivity index (χ0v) is 22.6. The van der Waals surface area contributed by atoms with E-state index in [0.717, 1.165) is 4.90 Å². The standard InChI is InChI=1S/C22H24ClFN2O11P2/c1-10(12-4-2-3-5-13(12)24)25-14-6-11(23)7-15-17(14)19(28)21(30)26(15)22-20(29)18(27)16(37-22)8-36-39(34,35)9-38(31,32)33/h2-7,10,16,18,20,22,25,27,29H,8-9H2,1H3,(H,34,35)(H2,31,32,33)/t10-,16+,18+,20+,22+/m0/s1. The molecule has 0 radical (unpaired) electrons. The van der Waals surface area contributed by atoms with E-state index < -0.39 is 75.8 Å². The molecular formula is C22H24ClFN2O11P2. The number of benzene rings is 2. The molecule has 0 aromatic heterocycles. The van der Waals surface area contributed by atoms with E-state index in [0.29, 0.717) is 0 Å². The maximum absolute atomic E-state index is 14.3. The molecule has 212 valence electrons. The number of aliphatic hydroxyl groups is 2. The van der Waals surface area contributed by atoms with Crippen LogP contribution in [-0.4, -0.2) is 73.6 Å². The molecule has 1 fully saturated rings. The van der Waals surface area contributed by atoms with Crippen molar-refractivity contribution in [1.29, 1.82) is 0 Å². The van der Waals surface area contributed by atoms with Crippen LogP contribution in [0.25, 0.3) is 0 Å². The Morgan fingerprint density at radius 1 is 1.15 bits per heavy atom. The number of hydrogen-bond acceptors (Lipinski definition) is 9. The lowest BCUT2D eigenvalue weighted by atomic mass is 10.0. The highest BCUT2D eigenvalue weighted by Crippen LogP contribution is 2.55. The summed E-state index contributed by atoms with van der Waals surface area (Å²) in [5, 5.41) is 24.1. The van der Waals surface area contributed by atoms with Crippen molar-refractivity contribution < 1.29 is 57.3 Å². The molecule has 0 bridgehead atoms. The van der Waals surface area contributed by atoms with E-state index in [-0.39, 0.29) is 27.5 Å². The Kier molecular flexibility index (Phi) is 8.38. The molecule has 2 aliphatic rings. The van der Waals surface area contributed by atoms with Gasteiger partial charge in [-0.2, -0.15) is 0 Å². The van der Waals surface area contributed by atoms with Gasteiger partial charge in [-0.05, 0) is 25.1 Å². The van der Waals surface area contributed by atoms with Gasteiger partial charge in [-0.25, -0.2) is 4.39 Å². The number of amides is 1. The summed E-state index contributed by atoms with van der Waals surface area (Å²) in [7, 11) is -9.73. The normalized spacial score (nSPS) is 25.5. The number of nitrogens with zero attached hydrogens (tertiary/aromatic N) is 1. The van der Waals surface area contributed by atoms with E-state index in [9.17, 15) is 38.2 Å². The molecule has 39 heavy (non-hydrogen) atoms. The number of hydrogen-bond donors (Lipinski definition) is 6. The summed E-state index contributed by atoms with van der Waals surface area (Å²) in [6, 6.07) is 7.90. The van der Waals surface area contributed by atoms with E-state index in [2.05, 4.69) is 9.84 Å². The molecule has 6 N–H and O–H groups in total. The number of ketones is 1. The Hall–Kier alpha value is -2.22. The van der Waals surface area contributed by atoms with Crippen molar-refractivity contribution in [2.75, 3.05) is 22.7 Å². The van der Waals surface area contributed by atoms with Gasteiger partial charge < -0.3 is 39.5 Å². The van der Waals surface area contributed by atoms with Crippen molar-refractivity contribution in [3.8, 4) is 0 Å². The average Bonchev–Trinajstić information content (AvgIpc) is 3.23. The number of aliphatic hydroxyl groups excluding tert-OH is 2. The molecule has 4 rings (SSSR count). The fourth-order valence-corrected chi connectivity index (χ4v) is 7.18. The summed E-state index contributed by atoms with van der Waals surface area (Å²) in [6.07, 6.45) is -6.79. The summed E-state index contributed by atoms with van der Waals surface area (Å²) < 4.78 is 47.4. The topological polar surface area (TPSA) is 203 Å². The lowest BCUT2D eigenvalue weighted by molar-refractivity contribution is -0.118. The second-order valence-electron chi connectivity index (χ2n) is 9.02. The van der Waals surface area contributed by atoms with Gasteiger partial charge in [0.05, 0.1) is 23.9 Å². The number of anilines is 2. The van der Waals surface area contributed by atoms with Gasteiger partial charge in [0.15, 0.2) is 12.1 Å². The minimum Gasteiger partial charge on any atom is -0.387 e. The molecule has 2 aromatic carbocycles. The smallest absolute Gasteiger partial charge is 0.340 e. The lowest BCUT2D eigenvalue weighted by Crippen LogP contribution is -2.47. The van der Waals surface area contributed by atoms with Crippen LogP contribution < -0.4 is 10.2 Å². The van der Waals surface area contributed by atoms with Crippen molar-refractivity contribution >= 4 is 49.9 Å². The van der Waals surface area contributed by atoms with E-state index >= 15 is 0 Å². The van der Waals surface area contributed by atoms with E-state index in [4.69, 9.17) is 26.1 Å². The predicted molar refractivity (Wildman–Crippen MR) is 135 cm³/mol. The zero-order valence-electron chi connectivity index (χ0n) is 20.0. The van der Waals surface area contributed by atoms with Gasteiger partial charge in [-0.1, -0.05) is 29.8 Å². The van der Waals surface area contributed by atoms with Gasteiger partial charge >= 0.3 is 21.1 Å². The number of rotatable bonds is 9. The molecular weight excluding hydrogens is 585 g/mol. The number of carbonyl (C=O) groups is 2. The zero-order chi connectivity index (χ0) is 28.9. The Bertz CT molecular complexity index is 1410. The molecule has 2 heterocycles. The third-order valence-electron chi connectivity index (χ3n) is 6.12. The predicted octanol–water partition coefficient (Wildman–Crippen LogP) is 1.97. The molecule has 6 atom stereocenters. The molecule has 13 nitrogen and oxygen atoms in total. The Labute approximate surface area is 225 Å². The molecule has 2 aromatic rings. The molecule has 0 saturated carbocycles. The molecule has 17 heteroatoms. The van der Waals surface area contributed by atoms with Crippen LogP contribution in [0.15, 0.2) is 36.4 Å². The number of halogens is 2. The average molecular weight is 609 g/mol. The van der Waals surface area contributed by atoms with Crippen LogP contribution in [0.4, 0.5) is 15.8 Å². The molecule has 0 aliphatic carbocycles. The summed E-state index contributed by atoms with van der Waals surface area (Å²) in [4.78, 5) is 54.3.